The summed E-state index contributed by atoms with van der Waals surface area (Å²) in [7, 11) is 0. The van der Waals surface area contributed by atoms with Crippen molar-refractivity contribution in [3.05, 3.63) is 12.2 Å². The van der Waals surface area contributed by atoms with Crippen molar-refractivity contribution in [2.24, 2.45) is 0 Å². The number of aliphatic hydroxyl groups is 7. The normalized spacial score (nSPS) is 33.1. The van der Waals surface area contributed by atoms with Crippen molar-refractivity contribution >= 4 is 0 Å². The molecule has 9 heteroatoms. The van der Waals surface area contributed by atoms with E-state index in [1.165, 1.54) is 13.8 Å². The fourth-order valence-electron chi connectivity index (χ4n) is 2.35. The van der Waals surface area contributed by atoms with Crippen LogP contribution in [0.4, 0.5) is 0 Å². The molecule has 0 unspecified atom stereocenters. The summed E-state index contributed by atoms with van der Waals surface area (Å²) in [6.07, 6.45) is -8.68. The van der Waals surface area contributed by atoms with Gasteiger partial charge in [-0.3, -0.25) is 0 Å². The smallest absolute Gasteiger partial charge is 0.186 e. The van der Waals surface area contributed by atoms with Crippen LogP contribution >= 0.6 is 0 Å². The summed E-state index contributed by atoms with van der Waals surface area (Å²) < 4.78 is 10.4. The van der Waals surface area contributed by atoms with Gasteiger partial charge in [0.2, 0.25) is 0 Å². The van der Waals surface area contributed by atoms with Crippen molar-refractivity contribution in [2.45, 2.75) is 75.2 Å². The second kappa shape index (κ2) is 9.36. The lowest BCUT2D eigenvalue weighted by molar-refractivity contribution is -0.303. The summed E-state index contributed by atoms with van der Waals surface area (Å²) in [6.45, 7) is 5.76. The lowest BCUT2D eigenvalue weighted by Gasteiger charge is -2.39. The van der Waals surface area contributed by atoms with Crippen molar-refractivity contribution in [1.29, 1.82) is 0 Å². The molecule has 0 bridgehead atoms. The molecular formula is C16H30O9. The largest absolute Gasteiger partial charge is 0.394 e. The van der Waals surface area contributed by atoms with Crippen LogP contribution < -0.4 is 0 Å². The van der Waals surface area contributed by atoms with E-state index in [0.717, 1.165) is 0 Å². The first-order valence-electron chi connectivity index (χ1n) is 8.17. The van der Waals surface area contributed by atoms with E-state index in [9.17, 15) is 30.6 Å². The molecule has 0 amide bonds. The molecule has 0 aliphatic carbocycles. The molecule has 1 aliphatic rings. The van der Waals surface area contributed by atoms with E-state index in [1.54, 1.807) is 0 Å². The molecule has 0 spiro atoms. The zero-order valence-corrected chi connectivity index (χ0v) is 14.5. The third-order valence-corrected chi connectivity index (χ3v) is 4.29. The molecule has 1 fully saturated rings. The minimum atomic E-state index is -1.56. The molecule has 0 aromatic heterocycles. The number of rotatable bonds is 9. The number of hydrogen-bond acceptors (Lipinski definition) is 9. The summed E-state index contributed by atoms with van der Waals surface area (Å²) in [5.74, 6) is 0. The van der Waals surface area contributed by atoms with Gasteiger partial charge in [0, 0.05) is 0 Å². The Balaban J connectivity index is 2.46. The Labute approximate surface area is 146 Å². The number of ether oxygens (including phenoxy) is 2. The molecule has 1 saturated heterocycles. The van der Waals surface area contributed by atoms with Gasteiger partial charge in [-0.05, 0) is 32.3 Å². The summed E-state index contributed by atoms with van der Waals surface area (Å²) in [6, 6.07) is 0. The lowest BCUT2D eigenvalue weighted by Crippen LogP contribution is -2.59. The molecule has 0 aromatic carbocycles. The van der Waals surface area contributed by atoms with Crippen LogP contribution in [0.25, 0.3) is 0 Å². The van der Waals surface area contributed by atoms with Crippen molar-refractivity contribution in [1.82, 2.24) is 0 Å². The average Bonchev–Trinajstić information content (AvgIpc) is 2.55. The third-order valence-electron chi connectivity index (χ3n) is 4.29. The zero-order valence-electron chi connectivity index (χ0n) is 14.5. The third kappa shape index (κ3) is 6.24. The molecule has 7 atom stereocenters. The maximum absolute atomic E-state index is 10.0. The van der Waals surface area contributed by atoms with Crippen LogP contribution in [0.1, 0.15) is 26.7 Å². The van der Waals surface area contributed by atoms with Crippen LogP contribution in [-0.2, 0) is 9.47 Å². The molecule has 1 heterocycles. The first-order valence-corrected chi connectivity index (χ1v) is 8.17. The van der Waals surface area contributed by atoms with Gasteiger partial charge in [-0.15, -0.1) is 0 Å². The van der Waals surface area contributed by atoms with Crippen LogP contribution in [0.5, 0.6) is 0 Å². The Morgan fingerprint density at radius 2 is 1.76 bits per heavy atom. The molecule has 0 saturated carbocycles. The Morgan fingerprint density at radius 3 is 2.28 bits per heavy atom. The Hall–Kier alpha value is -0.620. The summed E-state index contributed by atoms with van der Waals surface area (Å²) in [5.41, 5.74) is -0.911. The zero-order chi connectivity index (χ0) is 19.4. The molecule has 1 rings (SSSR count). The molecule has 148 valence electrons. The number of aliphatic hydroxyl groups excluding tert-OH is 6. The lowest BCUT2D eigenvalue weighted by atomic mass is 9.94. The fraction of sp³-hybridized carbons (Fsp3) is 0.875. The predicted octanol–water partition coefficient (Wildman–Crippen LogP) is -2.37. The van der Waals surface area contributed by atoms with Crippen LogP contribution in [0.15, 0.2) is 12.2 Å². The van der Waals surface area contributed by atoms with Crippen LogP contribution in [0, 0.1) is 0 Å². The van der Waals surface area contributed by atoms with Crippen molar-refractivity contribution in [3.8, 4) is 0 Å². The molecule has 7 N–H and O–H groups in total. The van der Waals surface area contributed by atoms with E-state index in [4.69, 9.17) is 14.6 Å². The Bertz CT molecular complexity index is 420. The molecule has 9 nitrogen and oxygen atoms in total. The minimum Gasteiger partial charge on any atom is -0.394 e. The van der Waals surface area contributed by atoms with Crippen LogP contribution in [-0.4, -0.2) is 97.5 Å². The van der Waals surface area contributed by atoms with Gasteiger partial charge in [0.1, 0.15) is 24.4 Å². The SMILES string of the molecule is C=C(CC[C@H](O)C(C)(C)O)[C@H](O)CO[C@H]1O[C@H](CO)[C@@H](O)[C@H](O)[C@H]1O. The maximum Gasteiger partial charge on any atom is 0.186 e. The van der Waals surface area contributed by atoms with Gasteiger partial charge < -0.3 is 45.2 Å². The monoisotopic (exact) mass is 366 g/mol. The quantitative estimate of drug-likeness (QED) is 0.221. The highest BCUT2D eigenvalue weighted by Crippen LogP contribution is 2.23. The minimum absolute atomic E-state index is 0.194. The van der Waals surface area contributed by atoms with Gasteiger partial charge in [-0.1, -0.05) is 6.58 Å². The summed E-state index contributed by atoms with van der Waals surface area (Å²) >= 11 is 0. The molecule has 0 aromatic rings. The van der Waals surface area contributed by atoms with Crippen molar-refractivity contribution in [2.75, 3.05) is 13.2 Å². The van der Waals surface area contributed by atoms with Gasteiger partial charge in [0.05, 0.1) is 31.0 Å². The highest BCUT2D eigenvalue weighted by Gasteiger charge is 2.44. The first-order chi connectivity index (χ1) is 11.5. The Morgan fingerprint density at radius 1 is 1.16 bits per heavy atom. The van der Waals surface area contributed by atoms with E-state index in [2.05, 4.69) is 6.58 Å². The molecule has 25 heavy (non-hydrogen) atoms. The molecule has 1 aliphatic heterocycles. The van der Waals surface area contributed by atoms with Crippen molar-refractivity contribution < 1.29 is 45.2 Å². The standard InChI is InChI=1S/C16H30O9/c1-8(4-5-11(19)16(2,3)23)9(18)7-24-15-14(22)13(21)12(20)10(6-17)25-15/h9-15,17-23H,1,4-7H2,2-3H3/t9-,10-,11+,12-,13+,14-,15+/m1/s1. The first kappa shape index (κ1) is 22.4. The van der Waals surface area contributed by atoms with E-state index in [-0.39, 0.29) is 19.4 Å². The van der Waals surface area contributed by atoms with Gasteiger partial charge in [0.15, 0.2) is 6.29 Å². The van der Waals surface area contributed by atoms with Gasteiger partial charge in [0.25, 0.3) is 0 Å². The average molecular weight is 366 g/mol. The summed E-state index contributed by atoms with van der Waals surface area (Å²) in [5, 5.41) is 67.7. The topological polar surface area (TPSA) is 160 Å². The van der Waals surface area contributed by atoms with E-state index < -0.39 is 55.1 Å². The van der Waals surface area contributed by atoms with Gasteiger partial charge in [-0.25, -0.2) is 0 Å². The van der Waals surface area contributed by atoms with Crippen LogP contribution in [0.3, 0.4) is 0 Å². The molecule has 0 radical (unpaired) electrons. The van der Waals surface area contributed by atoms with Gasteiger partial charge >= 0.3 is 0 Å². The van der Waals surface area contributed by atoms with Crippen LogP contribution in [0.2, 0.25) is 0 Å². The number of hydrogen-bond donors (Lipinski definition) is 7. The van der Waals surface area contributed by atoms with Gasteiger partial charge in [-0.2, -0.15) is 0 Å². The van der Waals surface area contributed by atoms with E-state index >= 15 is 0 Å². The summed E-state index contributed by atoms with van der Waals surface area (Å²) in [4.78, 5) is 0. The second-order valence-electron chi connectivity index (χ2n) is 6.91. The fourth-order valence-corrected chi connectivity index (χ4v) is 2.35. The van der Waals surface area contributed by atoms with Crippen molar-refractivity contribution in [3.63, 3.8) is 0 Å². The predicted molar refractivity (Wildman–Crippen MR) is 86.4 cm³/mol. The Kier molecular flexibility index (Phi) is 8.39. The second-order valence-corrected chi connectivity index (χ2v) is 6.91. The highest BCUT2D eigenvalue weighted by molar-refractivity contribution is 5.02. The maximum atomic E-state index is 10.0. The molecular weight excluding hydrogens is 336 g/mol. The van der Waals surface area contributed by atoms with E-state index in [0.29, 0.717) is 5.57 Å². The highest BCUT2D eigenvalue weighted by atomic mass is 16.7. The van der Waals surface area contributed by atoms with E-state index in [1.807, 2.05) is 0 Å².